The topological polar surface area (TPSA) is 74.8 Å². The lowest BCUT2D eigenvalue weighted by molar-refractivity contribution is 0.0885. The molecule has 0 radical (unpaired) electrons. The first kappa shape index (κ1) is 18.8. The molecule has 0 bridgehead atoms. The van der Waals surface area contributed by atoms with Crippen molar-refractivity contribution in [3.05, 3.63) is 76.8 Å². The minimum atomic E-state index is -0.106. The molecule has 1 aromatic carbocycles. The first-order chi connectivity index (χ1) is 13.5. The molecule has 0 aliphatic carbocycles. The number of aromatic amines is 1. The Hall–Kier alpha value is -2.52. The van der Waals surface area contributed by atoms with E-state index < -0.39 is 0 Å². The summed E-state index contributed by atoms with van der Waals surface area (Å²) in [5.41, 5.74) is 5.02. The number of rotatable bonds is 4. The first-order valence-electron chi connectivity index (χ1n) is 8.51. The summed E-state index contributed by atoms with van der Waals surface area (Å²) in [6, 6.07) is 11.2. The average Bonchev–Trinajstić information content (AvgIpc) is 3.16. The maximum absolute atomic E-state index is 13.1. The fourth-order valence-corrected chi connectivity index (χ4v) is 3.82. The largest absolute Gasteiger partial charge is 0.276 e. The smallest absolute Gasteiger partial charge is 0.265 e. The highest BCUT2D eigenvalue weighted by Crippen LogP contribution is 2.31. The van der Waals surface area contributed by atoms with E-state index in [0.29, 0.717) is 17.3 Å². The third-order valence-corrected chi connectivity index (χ3v) is 5.45. The molecule has 0 atom stereocenters. The van der Waals surface area contributed by atoms with Crippen molar-refractivity contribution in [3.63, 3.8) is 0 Å². The van der Waals surface area contributed by atoms with E-state index in [1.54, 1.807) is 27.8 Å². The molecule has 0 fully saturated rings. The average molecular weight is 504 g/mol. The Balaban J connectivity index is 1.70. The van der Waals surface area contributed by atoms with Crippen LogP contribution in [0.1, 0.15) is 21.5 Å². The van der Waals surface area contributed by atoms with Gasteiger partial charge in [0.05, 0.1) is 40.5 Å². The van der Waals surface area contributed by atoms with Crippen molar-refractivity contribution in [2.45, 2.75) is 13.5 Å². The van der Waals surface area contributed by atoms with E-state index in [9.17, 15) is 4.79 Å². The molecule has 0 aliphatic heterocycles. The molecule has 0 aliphatic rings. The molecule has 0 unspecified atom stereocenters. The molecular weight excluding hydrogens is 489 g/mol. The number of pyridine rings is 2. The summed E-state index contributed by atoms with van der Waals surface area (Å²) in [4.78, 5) is 21.2. The number of nitrogens with one attached hydrogen (secondary N) is 1. The number of hydrogen-bond acceptors (Lipinski definition) is 4. The van der Waals surface area contributed by atoms with Crippen LogP contribution >= 0.6 is 34.5 Å². The number of aromatic nitrogens is 4. The van der Waals surface area contributed by atoms with Crippen molar-refractivity contribution in [2.75, 3.05) is 0 Å². The highest BCUT2D eigenvalue weighted by Gasteiger charge is 2.21. The lowest BCUT2D eigenvalue weighted by atomic mass is 10.0. The molecule has 28 heavy (non-hydrogen) atoms. The Morgan fingerprint density at radius 2 is 1.96 bits per heavy atom. The summed E-state index contributed by atoms with van der Waals surface area (Å²) < 4.78 is 1.62. The van der Waals surface area contributed by atoms with Crippen LogP contribution in [0.4, 0.5) is 0 Å². The van der Waals surface area contributed by atoms with Crippen LogP contribution in [0.5, 0.6) is 0 Å². The van der Waals surface area contributed by atoms with Gasteiger partial charge in [0.2, 0.25) is 0 Å². The van der Waals surface area contributed by atoms with Gasteiger partial charge in [0.15, 0.2) is 0 Å². The van der Waals surface area contributed by atoms with Crippen LogP contribution in [-0.2, 0) is 6.54 Å². The minimum Gasteiger partial charge on any atom is -0.276 e. The Morgan fingerprint density at radius 3 is 2.68 bits per heavy atom. The van der Waals surface area contributed by atoms with Crippen molar-refractivity contribution < 1.29 is 4.79 Å². The standard InChI is InChI=1S/C20H15ClIN5O/c1-12-2-4-15(20(28)27(22)11-13-3-5-16(21)24-10-13)19-17(12)18(25-26-19)14-6-8-23-9-7-14/h2-10H,11H2,1H3,(H,25,26). The van der Waals surface area contributed by atoms with Crippen LogP contribution in [0, 0.1) is 6.92 Å². The molecule has 6 nitrogen and oxygen atoms in total. The van der Waals surface area contributed by atoms with E-state index in [-0.39, 0.29) is 5.91 Å². The summed E-state index contributed by atoms with van der Waals surface area (Å²) >= 11 is 7.85. The highest BCUT2D eigenvalue weighted by molar-refractivity contribution is 14.1. The molecule has 0 spiro atoms. The molecule has 1 amide bonds. The second-order valence-electron chi connectivity index (χ2n) is 6.30. The zero-order valence-corrected chi connectivity index (χ0v) is 17.8. The molecule has 0 saturated carbocycles. The van der Waals surface area contributed by atoms with E-state index in [2.05, 4.69) is 20.2 Å². The number of H-pyrrole nitrogens is 1. The monoisotopic (exact) mass is 503 g/mol. The zero-order chi connectivity index (χ0) is 19.7. The van der Waals surface area contributed by atoms with Gasteiger partial charge in [-0.25, -0.2) is 4.98 Å². The zero-order valence-electron chi connectivity index (χ0n) is 14.9. The number of benzene rings is 1. The summed E-state index contributed by atoms with van der Waals surface area (Å²) in [6.45, 7) is 2.43. The summed E-state index contributed by atoms with van der Waals surface area (Å²) in [6.07, 6.45) is 5.13. The third kappa shape index (κ3) is 3.59. The van der Waals surface area contributed by atoms with Crippen LogP contribution in [0.15, 0.2) is 55.0 Å². The van der Waals surface area contributed by atoms with Gasteiger partial charge in [0.25, 0.3) is 5.91 Å². The Bertz CT molecular complexity index is 1140. The number of fused-ring (bicyclic) bond motifs is 1. The Morgan fingerprint density at radius 1 is 1.18 bits per heavy atom. The molecule has 8 heteroatoms. The fraction of sp³-hybridized carbons (Fsp3) is 0.100. The van der Waals surface area contributed by atoms with Crippen LogP contribution in [0.3, 0.4) is 0 Å². The van der Waals surface area contributed by atoms with Gasteiger partial charge in [-0.05, 0) is 42.3 Å². The van der Waals surface area contributed by atoms with Gasteiger partial charge in [0, 0.05) is 29.5 Å². The van der Waals surface area contributed by atoms with Gasteiger partial charge in [0.1, 0.15) is 10.8 Å². The van der Waals surface area contributed by atoms with Gasteiger partial charge >= 0.3 is 0 Å². The predicted octanol–water partition coefficient (Wildman–Crippen LogP) is 4.97. The molecule has 4 aromatic rings. The number of halogens is 2. The van der Waals surface area contributed by atoms with Crippen molar-refractivity contribution in [1.29, 1.82) is 0 Å². The number of aryl methyl sites for hydroxylation is 1. The molecule has 140 valence electrons. The first-order valence-corrected chi connectivity index (χ1v) is 9.85. The number of hydrogen-bond donors (Lipinski definition) is 1. The van der Waals surface area contributed by atoms with Gasteiger partial charge < -0.3 is 0 Å². The molecule has 0 saturated heterocycles. The number of amides is 1. The van der Waals surface area contributed by atoms with E-state index in [1.165, 1.54) is 0 Å². The van der Waals surface area contributed by atoms with Crippen molar-refractivity contribution in [3.8, 4) is 11.3 Å². The molecule has 1 N–H and O–H groups in total. The van der Waals surface area contributed by atoms with E-state index in [4.69, 9.17) is 11.6 Å². The van der Waals surface area contributed by atoms with E-state index in [1.807, 2.05) is 60.1 Å². The van der Waals surface area contributed by atoms with Crippen molar-refractivity contribution in [1.82, 2.24) is 23.3 Å². The highest BCUT2D eigenvalue weighted by atomic mass is 127. The van der Waals surface area contributed by atoms with Gasteiger partial charge in [-0.2, -0.15) is 5.10 Å². The lowest BCUT2D eigenvalue weighted by Gasteiger charge is -2.15. The van der Waals surface area contributed by atoms with Crippen molar-refractivity contribution in [2.24, 2.45) is 0 Å². The van der Waals surface area contributed by atoms with Crippen molar-refractivity contribution >= 4 is 51.3 Å². The lowest BCUT2D eigenvalue weighted by Crippen LogP contribution is -2.21. The SMILES string of the molecule is Cc1ccc(C(=O)N(I)Cc2ccc(Cl)nc2)c2[nH]nc(-c3ccncc3)c12. The van der Waals surface area contributed by atoms with Crippen LogP contribution < -0.4 is 0 Å². The normalized spacial score (nSPS) is 11.0. The summed E-state index contributed by atoms with van der Waals surface area (Å²) in [7, 11) is 0. The maximum Gasteiger partial charge on any atom is 0.265 e. The number of nitrogens with zero attached hydrogens (tertiary/aromatic N) is 4. The van der Waals surface area contributed by atoms with Crippen LogP contribution in [0.2, 0.25) is 5.15 Å². The second kappa shape index (κ2) is 7.84. The quantitative estimate of drug-likeness (QED) is 0.242. The molecule has 4 rings (SSSR count). The van der Waals surface area contributed by atoms with Gasteiger partial charge in [-0.3, -0.25) is 18.0 Å². The molecule has 3 heterocycles. The fourth-order valence-electron chi connectivity index (χ4n) is 3.06. The molecular formula is C20H15ClIN5O. The maximum atomic E-state index is 13.1. The number of carbonyl (C=O) groups is 1. The summed E-state index contributed by atoms with van der Waals surface area (Å²) in [5, 5.41) is 8.89. The second-order valence-corrected chi connectivity index (χ2v) is 7.85. The Kier molecular flexibility index (Phi) is 5.27. The predicted molar refractivity (Wildman–Crippen MR) is 117 cm³/mol. The van der Waals surface area contributed by atoms with Gasteiger partial charge in [-0.15, -0.1) is 0 Å². The molecule has 3 aromatic heterocycles. The Labute approximate surface area is 180 Å². The van der Waals surface area contributed by atoms with Crippen LogP contribution in [0.25, 0.3) is 22.2 Å². The minimum absolute atomic E-state index is 0.106. The van der Waals surface area contributed by atoms with E-state index >= 15 is 0 Å². The third-order valence-electron chi connectivity index (χ3n) is 4.44. The number of carbonyl (C=O) groups excluding carboxylic acids is 1. The summed E-state index contributed by atoms with van der Waals surface area (Å²) in [5.74, 6) is -0.106. The van der Waals surface area contributed by atoms with Crippen LogP contribution in [-0.4, -0.2) is 29.2 Å². The van der Waals surface area contributed by atoms with Gasteiger partial charge in [-0.1, -0.05) is 23.7 Å². The van der Waals surface area contributed by atoms with E-state index in [0.717, 1.165) is 33.3 Å².